The van der Waals surface area contributed by atoms with Crippen molar-refractivity contribution in [3.05, 3.63) is 65.2 Å². The van der Waals surface area contributed by atoms with Gasteiger partial charge in [0.2, 0.25) is 0 Å². The van der Waals surface area contributed by atoms with Gasteiger partial charge in [-0.1, -0.05) is 30.3 Å². The van der Waals surface area contributed by atoms with Gasteiger partial charge in [-0.05, 0) is 43.0 Å². The quantitative estimate of drug-likeness (QED) is 0.900. The molecule has 2 aliphatic rings. The van der Waals surface area contributed by atoms with Crippen molar-refractivity contribution in [2.24, 2.45) is 0 Å². The highest BCUT2D eigenvalue weighted by Gasteiger charge is 2.47. The molecule has 1 N–H and O–H groups in total. The minimum Gasteiger partial charge on any atom is -0.492 e. The van der Waals surface area contributed by atoms with E-state index < -0.39 is 6.09 Å². The predicted octanol–water partition coefficient (Wildman–Crippen LogP) is 3.57. The molecule has 2 aromatic carbocycles. The van der Waals surface area contributed by atoms with E-state index in [0.29, 0.717) is 38.0 Å². The Morgan fingerprint density at radius 3 is 2.85 bits per heavy atom. The molecule has 4 rings (SSSR count). The van der Waals surface area contributed by atoms with Crippen LogP contribution in [-0.2, 0) is 11.8 Å². The van der Waals surface area contributed by atoms with Crippen molar-refractivity contribution < 1.29 is 14.6 Å². The highest BCUT2D eigenvalue weighted by atomic mass is 16.5. The van der Waals surface area contributed by atoms with Crippen LogP contribution in [0.4, 0.5) is 4.79 Å². The lowest BCUT2D eigenvalue weighted by Crippen LogP contribution is -2.52. The number of fused-ring (bicyclic) bond motifs is 2. The zero-order valence-corrected chi connectivity index (χ0v) is 14.4. The van der Waals surface area contributed by atoms with Crippen LogP contribution in [0.1, 0.15) is 29.5 Å². The summed E-state index contributed by atoms with van der Waals surface area (Å²) in [7, 11) is 0. The molecule has 0 saturated carbocycles. The molecule has 2 unspecified atom stereocenters. The van der Waals surface area contributed by atoms with E-state index in [1.54, 1.807) is 11.0 Å². The van der Waals surface area contributed by atoms with Crippen molar-refractivity contribution in [3.8, 4) is 11.8 Å². The summed E-state index contributed by atoms with van der Waals surface area (Å²) < 4.78 is 5.91. The van der Waals surface area contributed by atoms with Crippen molar-refractivity contribution in [1.29, 1.82) is 5.26 Å². The highest BCUT2D eigenvalue weighted by Crippen LogP contribution is 2.47. The van der Waals surface area contributed by atoms with Crippen LogP contribution in [0.25, 0.3) is 0 Å². The van der Waals surface area contributed by atoms with Crippen molar-refractivity contribution in [1.82, 2.24) is 4.90 Å². The fourth-order valence-electron chi connectivity index (χ4n) is 4.31. The monoisotopic (exact) mass is 348 g/mol. The second-order valence-corrected chi connectivity index (χ2v) is 7.17. The predicted molar refractivity (Wildman–Crippen MR) is 96.2 cm³/mol. The summed E-state index contributed by atoms with van der Waals surface area (Å²) in [6.07, 6.45) is 1.23. The molecule has 1 amide bonds. The average Bonchev–Trinajstić information content (AvgIpc) is 3.00. The Balaban J connectivity index is 1.67. The lowest BCUT2D eigenvalue weighted by Gasteiger charge is -2.43. The molecular formula is C21H20N2O3. The van der Waals surface area contributed by atoms with Crippen LogP contribution in [0.2, 0.25) is 0 Å². The van der Waals surface area contributed by atoms with Gasteiger partial charge in [-0.2, -0.15) is 5.26 Å². The summed E-state index contributed by atoms with van der Waals surface area (Å²) >= 11 is 0. The second-order valence-electron chi connectivity index (χ2n) is 7.17. The van der Waals surface area contributed by atoms with Crippen molar-refractivity contribution in [2.45, 2.75) is 30.7 Å². The van der Waals surface area contributed by atoms with Crippen LogP contribution in [-0.4, -0.2) is 35.3 Å². The van der Waals surface area contributed by atoms with Gasteiger partial charge in [0.25, 0.3) is 0 Å². The first-order chi connectivity index (χ1) is 12.6. The van der Waals surface area contributed by atoms with Crippen LogP contribution in [0.5, 0.6) is 5.75 Å². The first kappa shape index (κ1) is 16.5. The van der Waals surface area contributed by atoms with Gasteiger partial charge in [-0.15, -0.1) is 0 Å². The highest BCUT2D eigenvalue weighted by molar-refractivity contribution is 5.66. The molecule has 0 aliphatic carbocycles. The van der Waals surface area contributed by atoms with Crippen molar-refractivity contribution in [3.63, 3.8) is 0 Å². The Morgan fingerprint density at radius 2 is 2.12 bits per heavy atom. The maximum atomic E-state index is 11.8. The topological polar surface area (TPSA) is 73.6 Å². The van der Waals surface area contributed by atoms with E-state index in [1.165, 1.54) is 0 Å². The van der Waals surface area contributed by atoms with E-state index in [4.69, 9.17) is 4.74 Å². The number of likely N-dealkylation sites (tertiary alicyclic amines) is 1. The first-order valence-electron chi connectivity index (χ1n) is 8.82. The first-order valence-corrected chi connectivity index (χ1v) is 8.82. The Hall–Kier alpha value is -3.00. The molecule has 2 heterocycles. The number of nitriles is 1. The van der Waals surface area contributed by atoms with Crippen molar-refractivity contribution >= 4 is 6.09 Å². The number of rotatable bonds is 2. The molecule has 2 aromatic rings. The van der Waals surface area contributed by atoms with Crippen LogP contribution in [0, 0.1) is 11.3 Å². The van der Waals surface area contributed by atoms with Crippen LogP contribution >= 0.6 is 0 Å². The van der Waals surface area contributed by atoms with E-state index in [0.717, 1.165) is 16.9 Å². The van der Waals surface area contributed by atoms with E-state index in [2.05, 4.69) is 6.07 Å². The van der Waals surface area contributed by atoms with Crippen LogP contribution < -0.4 is 4.74 Å². The molecular weight excluding hydrogens is 328 g/mol. The van der Waals surface area contributed by atoms with Gasteiger partial charge in [0.15, 0.2) is 0 Å². The molecule has 5 heteroatoms. The molecule has 1 saturated heterocycles. The SMILES string of the molecule is N#Cc1ccc2c(c1)C1(CCN(C(=O)O)C(Cc3ccccc3)C1)CO2. The number of ether oxygens (including phenoxy) is 1. The van der Waals surface area contributed by atoms with E-state index >= 15 is 0 Å². The molecule has 0 aromatic heterocycles. The fraction of sp³-hybridized carbons (Fsp3) is 0.333. The molecule has 2 atom stereocenters. The smallest absolute Gasteiger partial charge is 0.407 e. The lowest BCUT2D eigenvalue weighted by molar-refractivity contribution is 0.0707. The third-order valence-electron chi connectivity index (χ3n) is 5.64. The average molecular weight is 348 g/mol. The minimum absolute atomic E-state index is 0.107. The van der Waals surface area contributed by atoms with E-state index in [9.17, 15) is 15.2 Å². The zero-order valence-electron chi connectivity index (χ0n) is 14.4. The summed E-state index contributed by atoms with van der Waals surface area (Å²) in [5, 5.41) is 18.9. The van der Waals surface area contributed by atoms with Crippen LogP contribution in [0.3, 0.4) is 0 Å². The summed E-state index contributed by atoms with van der Waals surface area (Å²) in [4.78, 5) is 13.3. The minimum atomic E-state index is -0.870. The third-order valence-corrected chi connectivity index (χ3v) is 5.64. The van der Waals surface area contributed by atoms with Gasteiger partial charge in [0.05, 0.1) is 18.2 Å². The summed E-state index contributed by atoms with van der Waals surface area (Å²) in [5.41, 5.74) is 2.59. The van der Waals surface area contributed by atoms with Crippen molar-refractivity contribution in [2.75, 3.05) is 13.2 Å². The fourth-order valence-corrected chi connectivity index (χ4v) is 4.31. The molecule has 5 nitrogen and oxygen atoms in total. The third kappa shape index (κ3) is 2.78. The van der Waals surface area contributed by atoms with E-state index in [1.807, 2.05) is 42.5 Å². The van der Waals surface area contributed by atoms with Gasteiger partial charge in [-0.3, -0.25) is 0 Å². The summed E-state index contributed by atoms with van der Waals surface area (Å²) in [6.45, 7) is 1.03. The molecule has 26 heavy (non-hydrogen) atoms. The molecule has 1 spiro atoms. The van der Waals surface area contributed by atoms with Gasteiger partial charge < -0.3 is 14.7 Å². The Labute approximate surface area is 152 Å². The van der Waals surface area contributed by atoms with Gasteiger partial charge in [0, 0.05) is 23.6 Å². The maximum absolute atomic E-state index is 11.8. The molecule has 0 bridgehead atoms. The number of hydrogen-bond donors (Lipinski definition) is 1. The number of carboxylic acid groups (broad SMARTS) is 1. The Kier molecular flexibility index (Phi) is 4.04. The number of piperidine rings is 1. The Morgan fingerprint density at radius 1 is 1.31 bits per heavy atom. The van der Waals surface area contributed by atoms with Gasteiger partial charge >= 0.3 is 6.09 Å². The van der Waals surface area contributed by atoms with Crippen LogP contribution in [0.15, 0.2) is 48.5 Å². The normalized spacial score (nSPS) is 24.0. The summed E-state index contributed by atoms with van der Waals surface area (Å²) in [6, 6.07) is 17.6. The number of nitrogens with zero attached hydrogens (tertiary/aromatic N) is 2. The molecule has 0 radical (unpaired) electrons. The number of benzene rings is 2. The largest absolute Gasteiger partial charge is 0.492 e. The molecule has 2 aliphatic heterocycles. The van der Waals surface area contributed by atoms with Gasteiger partial charge in [-0.25, -0.2) is 4.79 Å². The standard InChI is InChI=1S/C21H20N2O3/c22-13-16-6-7-19-18(11-16)21(14-26-19)8-9-23(20(24)25)17(12-21)10-15-4-2-1-3-5-15/h1-7,11,17H,8-10,12,14H2,(H,24,25). The van der Waals surface area contributed by atoms with E-state index in [-0.39, 0.29) is 11.5 Å². The number of carbonyl (C=O) groups is 1. The Bertz CT molecular complexity index is 875. The van der Waals surface area contributed by atoms with Gasteiger partial charge in [0.1, 0.15) is 5.75 Å². The lowest BCUT2D eigenvalue weighted by atomic mass is 9.70. The summed E-state index contributed by atoms with van der Waals surface area (Å²) in [5.74, 6) is 0.825. The number of amides is 1. The molecule has 1 fully saturated rings. The molecule has 132 valence electrons. The zero-order chi connectivity index (χ0) is 18.1. The second kappa shape index (κ2) is 6.38. The number of hydrogen-bond acceptors (Lipinski definition) is 3. The maximum Gasteiger partial charge on any atom is 0.407 e.